The Morgan fingerprint density at radius 3 is 2.50 bits per heavy atom. The molecule has 2 aromatic rings. The number of nitrogens with one attached hydrogen (secondary N) is 1. The van der Waals surface area contributed by atoms with E-state index in [1.807, 2.05) is 25.2 Å². The normalized spacial score (nSPS) is 10.3. The van der Waals surface area contributed by atoms with Gasteiger partial charge in [0.2, 0.25) is 0 Å². The van der Waals surface area contributed by atoms with Crippen LogP contribution in [0.25, 0.3) is 0 Å². The van der Waals surface area contributed by atoms with E-state index >= 15 is 0 Å². The second-order valence-electron chi connectivity index (χ2n) is 5.01. The largest absolute Gasteiger partial charge is 0.358 e. The first kappa shape index (κ1) is 16.4. The first-order valence-electron chi connectivity index (χ1n) is 7.22. The van der Waals surface area contributed by atoms with E-state index in [0.717, 1.165) is 29.7 Å². The lowest BCUT2D eigenvalue weighted by atomic mass is 10.2. The Kier molecular flexibility index (Phi) is 5.89. The highest BCUT2D eigenvalue weighted by Crippen LogP contribution is 2.14. The zero-order valence-electron chi connectivity index (χ0n) is 12.7. The van der Waals surface area contributed by atoms with Crippen LogP contribution in [0.15, 0.2) is 40.9 Å². The molecule has 0 aliphatic carbocycles. The van der Waals surface area contributed by atoms with Gasteiger partial charge in [-0.25, -0.2) is 0 Å². The minimum Gasteiger partial charge on any atom is -0.358 e. The molecule has 0 aliphatic heterocycles. The third-order valence-corrected chi connectivity index (χ3v) is 3.77. The summed E-state index contributed by atoms with van der Waals surface area (Å²) in [4.78, 5) is 14.1. The lowest BCUT2D eigenvalue weighted by Gasteiger charge is -2.16. The fraction of sp³-hybridized carbons (Fsp3) is 0.312. The predicted octanol–water partition coefficient (Wildman–Crippen LogP) is 3.73. The van der Waals surface area contributed by atoms with E-state index < -0.39 is 0 Å². The fourth-order valence-electron chi connectivity index (χ4n) is 1.90. The number of aromatic nitrogens is 2. The highest BCUT2D eigenvalue weighted by Gasteiger charge is 2.08. The molecule has 1 aromatic heterocycles. The Balaban J connectivity index is 1.98. The number of halogens is 1. The standard InChI is InChI=1S/C16H19BrN4O/c1-3-4-11-21(2)15-10-9-14(19-20-15)18-16(22)12-5-7-13(17)8-6-12/h5-10H,3-4,11H2,1-2H3,(H,18,19,22). The van der Waals surface area contributed by atoms with E-state index in [2.05, 4.69) is 43.3 Å². The molecule has 2 rings (SSSR count). The molecule has 0 saturated carbocycles. The van der Waals surface area contributed by atoms with E-state index in [1.165, 1.54) is 0 Å². The third kappa shape index (κ3) is 4.53. The van der Waals surface area contributed by atoms with E-state index in [9.17, 15) is 4.79 Å². The molecule has 0 saturated heterocycles. The van der Waals surface area contributed by atoms with Crippen LogP contribution >= 0.6 is 15.9 Å². The smallest absolute Gasteiger partial charge is 0.256 e. The summed E-state index contributed by atoms with van der Waals surface area (Å²) >= 11 is 3.34. The van der Waals surface area contributed by atoms with Crippen molar-refractivity contribution in [2.24, 2.45) is 0 Å². The van der Waals surface area contributed by atoms with Gasteiger partial charge in [-0.3, -0.25) is 4.79 Å². The van der Waals surface area contributed by atoms with Crippen LogP contribution in [0.5, 0.6) is 0 Å². The molecule has 0 atom stereocenters. The van der Waals surface area contributed by atoms with Crippen LogP contribution in [0.2, 0.25) is 0 Å². The molecule has 5 nitrogen and oxygen atoms in total. The first-order chi connectivity index (χ1) is 10.6. The summed E-state index contributed by atoms with van der Waals surface area (Å²) in [5.41, 5.74) is 0.578. The lowest BCUT2D eigenvalue weighted by molar-refractivity contribution is 0.102. The van der Waals surface area contributed by atoms with Gasteiger partial charge in [0.25, 0.3) is 5.91 Å². The number of carbonyl (C=O) groups is 1. The second-order valence-corrected chi connectivity index (χ2v) is 5.93. The van der Waals surface area contributed by atoms with Crippen LogP contribution in [0.3, 0.4) is 0 Å². The van der Waals surface area contributed by atoms with Crippen LogP contribution < -0.4 is 10.2 Å². The monoisotopic (exact) mass is 362 g/mol. The SMILES string of the molecule is CCCCN(C)c1ccc(NC(=O)c2ccc(Br)cc2)nn1. The van der Waals surface area contributed by atoms with Gasteiger partial charge in [-0.15, -0.1) is 10.2 Å². The van der Waals surface area contributed by atoms with Gasteiger partial charge in [-0.2, -0.15) is 0 Å². The maximum atomic E-state index is 12.1. The molecule has 0 bridgehead atoms. The summed E-state index contributed by atoms with van der Waals surface area (Å²) in [6, 6.07) is 10.8. The van der Waals surface area contributed by atoms with Crippen molar-refractivity contribution in [2.45, 2.75) is 19.8 Å². The minimum absolute atomic E-state index is 0.200. The van der Waals surface area contributed by atoms with Crippen LogP contribution in [0, 0.1) is 0 Å². The summed E-state index contributed by atoms with van der Waals surface area (Å²) < 4.78 is 0.934. The molecule has 1 N–H and O–H groups in total. The molecule has 22 heavy (non-hydrogen) atoms. The van der Waals surface area contributed by atoms with Crippen molar-refractivity contribution >= 4 is 33.5 Å². The van der Waals surface area contributed by atoms with E-state index in [4.69, 9.17) is 0 Å². The highest BCUT2D eigenvalue weighted by atomic mass is 79.9. The van der Waals surface area contributed by atoms with E-state index in [1.54, 1.807) is 18.2 Å². The number of benzene rings is 1. The average molecular weight is 363 g/mol. The van der Waals surface area contributed by atoms with Gasteiger partial charge in [-0.05, 0) is 42.8 Å². The van der Waals surface area contributed by atoms with Crippen molar-refractivity contribution in [3.05, 3.63) is 46.4 Å². The molecule has 0 spiro atoms. The van der Waals surface area contributed by atoms with Crippen LogP contribution in [-0.2, 0) is 0 Å². The zero-order chi connectivity index (χ0) is 15.9. The summed E-state index contributed by atoms with van der Waals surface area (Å²) in [6.07, 6.45) is 2.25. The van der Waals surface area contributed by atoms with Crippen molar-refractivity contribution in [1.82, 2.24) is 10.2 Å². The molecule has 6 heteroatoms. The third-order valence-electron chi connectivity index (χ3n) is 3.24. The van der Waals surface area contributed by atoms with Crippen molar-refractivity contribution in [2.75, 3.05) is 23.8 Å². The number of unbranched alkanes of at least 4 members (excludes halogenated alkanes) is 1. The van der Waals surface area contributed by atoms with Crippen LogP contribution in [0.4, 0.5) is 11.6 Å². The van der Waals surface area contributed by atoms with Gasteiger partial charge in [0, 0.05) is 23.6 Å². The molecule has 116 valence electrons. The summed E-state index contributed by atoms with van der Waals surface area (Å²) in [6.45, 7) is 3.09. The first-order valence-corrected chi connectivity index (χ1v) is 8.01. The Labute approximate surface area is 138 Å². The number of hydrogen-bond donors (Lipinski definition) is 1. The van der Waals surface area contributed by atoms with Crippen molar-refractivity contribution < 1.29 is 4.79 Å². The van der Waals surface area contributed by atoms with Crippen molar-refractivity contribution in [3.8, 4) is 0 Å². The second kappa shape index (κ2) is 7.89. The van der Waals surface area contributed by atoms with Gasteiger partial charge in [0.1, 0.15) is 0 Å². The molecular formula is C16H19BrN4O. The van der Waals surface area contributed by atoms with Gasteiger partial charge in [0.15, 0.2) is 11.6 Å². The average Bonchev–Trinajstić information content (AvgIpc) is 2.54. The summed E-state index contributed by atoms with van der Waals surface area (Å²) in [5.74, 6) is 1.05. The number of amides is 1. The quantitative estimate of drug-likeness (QED) is 0.850. The number of nitrogens with zero attached hydrogens (tertiary/aromatic N) is 3. The maximum absolute atomic E-state index is 12.1. The zero-order valence-corrected chi connectivity index (χ0v) is 14.3. The Morgan fingerprint density at radius 1 is 1.18 bits per heavy atom. The molecule has 0 radical (unpaired) electrons. The predicted molar refractivity (Wildman–Crippen MR) is 92.3 cm³/mol. The number of carbonyl (C=O) groups excluding carboxylic acids is 1. The molecule has 0 unspecified atom stereocenters. The molecule has 0 aliphatic rings. The molecule has 1 heterocycles. The molecule has 0 fully saturated rings. The van der Waals surface area contributed by atoms with Gasteiger partial charge in [0.05, 0.1) is 0 Å². The van der Waals surface area contributed by atoms with E-state index in [-0.39, 0.29) is 5.91 Å². The summed E-state index contributed by atoms with van der Waals surface area (Å²) in [5, 5.41) is 10.9. The molecule has 1 amide bonds. The fourth-order valence-corrected chi connectivity index (χ4v) is 2.16. The number of anilines is 2. The Bertz CT molecular complexity index is 613. The minimum atomic E-state index is -0.200. The molecular weight excluding hydrogens is 344 g/mol. The Hall–Kier alpha value is -1.95. The topological polar surface area (TPSA) is 58.1 Å². The Morgan fingerprint density at radius 2 is 1.91 bits per heavy atom. The number of rotatable bonds is 6. The van der Waals surface area contributed by atoms with Gasteiger partial charge >= 0.3 is 0 Å². The van der Waals surface area contributed by atoms with Crippen molar-refractivity contribution in [1.29, 1.82) is 0 Å². The molecule has 1 aromatic carbocycles. The van der Waals surface area contributed by atoms with Crippen molar-refractivity contribution in [3.63, 3.8) is 0 Å². The van der Waals surface area contributed by atoms with Crippen LogP contribution in [-0.4, -0.2) is 29.7 Å². The summed E-state index contributed by atoms with van der Waals surface area (Å²) in [7, 11) is 1.99. The van der Waals surface area contributed by atoms with Gasteiger partial charge in [-0.1, -0.05) is 29.3 Å². The van der Waals surface area contributed by atoms with Crippen LogP contribution in [0.1, 0.15) is 30.1 Å². The lowest BCUT2D eigenvalue weighted by Crippen LogP contribution is -2.20. The van der Waals surface area contributed by atoms with Gasteiger partial charge < -0.3 is 10.2 Å². The van der Waals surface area contributed by atoms with E-state index in [0.29, 0.717) is 11.4 Å². The maximum Gasteiger partial charge on any atom is 0.256 e. The highest BCUT2D eigenvalue weighted by molar-refractivity contribution is 9.10. The number of hydrogen-bond acceptors (Lipinski definition) is 4.